The van der Waals surface area contributed by atoms with Gasteiger partial charge >= 0.3 is 5.97 Å². The lowest BCUT2D eigenvalue weighted by molar-refractivity contribution is 0.0701. The molecule has 1 saturated heterocycles. The van der Waals surface area contributed by atoms with Crippen molar-refractivity contribution in [2.45, 2.75) is 43.7 Å². The fourth-order valence-electron chi connectivity index (χ4n) is 2.71. The van der Waals surface area contributed by atoms with Crippen molar-refractivity contribution in [2.75, 3.05) is 13.1 Å². The Labute approximate surface area is 129 Å². The van der Waals surface area contributed by atoms with Crippen molar-refractivity contribution in [3.05, 3.63) is 16.5 Å². The molecule has 1 N–H and O–H groups in total. The standard InChI is InChI=1S/C14H21NO4S2/c1-3-11-5-4-7-15(8-6-11)21(18,19)12-9-10(2)13(20-12)14(16)17/h9,11H,3-8H2,1-2H3,(H,16,17). The number of hydrogen-bond acceptors (Lipinski definition) is 4. The first-order chi connectivity index (χ1) is 9.86. The topological polar surface area (TPSA) is 74.7 Å². The summed E-state index contributed by atoms with van der Waals surface area (Å²) in [6.07, 6.45) is 3.89. The van der Waals surface area contributed by atoms with Crippen molar-refractivity contribution < 1.29 is 18.3 Å². The minimum atomic E-state index is -3.56. The van der Waals surface area contributed by atoms with E-state index < -0.39 is 16.0 Å². The van der Waals surface area contributed by atoms with Gasteiger partial charge in [0.05, 0.1) is 0 Å². The minimum absolute atomic E-state index is 0.106. The maximum absolute atomic E-state index is 12.7. The Hall–Kier alpha value is -0.920. The van der Waals surface area contributed by atoms with E-state index in [1.165, 1.54) is 10.4 Å². The number of hydrogen-bond donors (Lipinski definition) is 1. The van der Waals surface area contributed by atoms with Crippen LogP contribution in [0.25, 0.3) is 0 Å². The van der Waals surface area contributed by atoms with Crippen LogP contribution in [0.4, 0.5) is 0 Å². The smallest absolute Gasteiger partial charge is 0.346 e. The molecule has 0 aromatic carbocycles. The van der Waals surface area contributed by atoms with Gasteiger partial charge in [0.15, 0.2) is 0 Å². The van der Waals surface area contributed by atoms with Crippen molar-refractivity contribution in [2.24, 2.45) is 5.92 Å². The average Bonchev–Trinajstić information content (AvgIpc) is 2.68. The predicted octanol–water partition coefficient (Wildman–Crippen LogP) is 2.96. The monoisotopic (exact) mass is 331 g/mol. The summed E-state index contributed by atoms with van der Waals surface area (Å²) < 4.78 is 27.0. The van der Waals surface area contributed by atoms with Crippen molar-refractivity contribution in [1.82, 2.24) is 4.31 Å². The van der Waals surface area contributed by atoms with Crippen LogP contribution >= 0.6 is 11.3 Å². The van der Waals surface area contributed by atoms with E-state index in [1.54, 1.807) is 6.92 Å². The van der Waals surface area contributed by atoms with Gasteiger partial charge < -0.3 is 5.11 Å². The number of rotatable bonds is 4. The molecular formula is C14H21NO4S2. The van der Waals surface area contributed by atoms with Crippen LogP contribution < -0.4 is 0 Å². The molecule has 0 spiro atoms. The van der Waals surface area contributed by atoms with Gasteiger partial charge in [-0.15, -0.1) is 11.3 Å². The van der Waals surface area contributed by atoms with Crippen LogP contribution in [0.5, 0.6) is 0 Å². The van der Waals surface area contributed by atoms with Gasteiger partial charge in [0.25, 0.3) is 10.0 Å². The lowest BCUT2D eigenvalue weighted by Gasteiger charge is -2.19. The Kier molecular flexibility index (Phi) is 5.06. The molecule has 0 radical (unpaired) electrons. The summed E-state index contributed by atoms with van der Waals surface area (Å²) >= 11 is 0.852. The lowest BCUT2D eigenvalue weighted by Crippen LogP contribution is -2.31. The van der Waals surface area contributed by atoms with Gasteiger partial charge in [-0.05, 0) is 43.7 Å². The fraction of sp³-hybridized carbons (Fsp3) is 0.643. The second-order valence-electron chi connectivity index (χ2n) is 5.49. The number of carbonyl (C=O) groups is 1. The van der Waals surface area contributed by atoms with Gasteiger partial charge in [-0.1, -0.05) is 13.3 Å². The molecular weight excluding hydrogens is 310 g/mol. The highest BCUT2D eigenvalue weighted by atomic mass is 32.2. The van der Waals surface area contributed by atoms with Crippen LogP contribution in [-0.2, 0) is 10.0 Å². The molecule has 1 fully saturated rings. The summed E-state index contributed by atoms with van der Waals surface area (Å²) in [5.74, 6) is -0.481. The minimum Gasteiger partial charge on any atom is -0.477 e. The zero-order valence-corrected chi connectivity index (χ0v) is 14.0. The molecule has 1 aromatic heterocycles. The number of nitrogens with zero attached hydrogens (tertiary/aromatic N) is 1. The second kappa shape index (κ2) is 6.46. The van der Waals surface area contributed by atoms with Gasteiger partial charge in [0, 0.05) is 13.1 Å². The summed E-state index contributed by atoms with van der Waals surface area (Å²) in [6, 6.07) is 1.48. The second-order valence-corrected chi connectivity index (χ2v) is 8.71. The number of thiophene rings is 1. The molecule has 1 aliphatic heterocycles. The Morgan fingerprint density at radius 3 is 2.71 bits per heavy atom. The molecule has 21 heavy (non-hydrogen) atoms. The Morgan fingerprint density at radius 2 is 2.14 bits per heavy atom. The van der Waals surface area contributed by atoms with Crippen LogP contribution in [0.15, 0.2) is 10.3 Å². The summed E-state index contributed by atoms with van der Waals surface area (Å²) in [4.78, 5) is 11.2. The van der Waals surface area contributed by atoms with Crippen molar-refractivity contribution in [3.63, 3.8) is 0 Å². The summed E-state index contributed by atoms with van der Waals surface area (Å²) in [5.41, 5.74) is 0.507. The van der Waals surface area contributed by atoms with Crippen LogP contribution in [0.3, 0.4) is 0 Å². The van der Waals surface area contributed by atoms with Gasteiger partial charge in [-0.25, -0.2) is 13.2 Å². The van der Waals surface area contributed by atoms with Crippen LogP contribution in [0.2, 0.25) is 0 Å². The van der Waals surface area contributed by atoms with Crippen molar-refractivity contribution >= 4 is 27.3 Å². The number of carboxylic acids is 1. The highest BCUT2D eigenvalue weighted by molar-refractivity contribution is 7.91. The fourth-order valence-corrected chi connectivity index (χ4v) is 5.73. The zero-order valence-electron chi connectivity index (χ0n) is 12.3. The van der Waals surface area contributed by atoms with Crippen molar-refractivity contribution in [1.29, 1.82) is 0 Å². The third-order valence-electron chi connectivity index (χ3n) is 4.07. The molecule has 1 atom stereocenters. The predicted molar refractivity (Wildman–Crippen MR) is 82.4 cm³/mol. The Bertz CT molecular complexity index is 621. The van der Waals surface area contributed by atoms with E-state index in [1.807, 2.05) is 0 Å². The normalized spacial score (nSPS) is 21.1. The first-order valence-corrected chi connectivity index (χ1v) is 9.45. The van der Waals surface area contributed by atoms with E-state index in [0.29, 0.717) is 24.6 Å². The van der Waals surface area contributed by atoms with Crippen molar-refractivity contribution in [3.8, 4) is 0 Å². The van der Waals surface area contributed by atoms with E-state index in [2.05, 4.69) is 6.92 Å². The Morgan fingerprint density at radius 1 is 1.43 bits per heavy atom. The van der Waals surface area contributed by atoms with E-state index in [9.17, 15) is 13.2 Å². The molecule has 0 bridgehead atoms. The van der Waals surface area contributed by atoms with Crippen LogP contribution in [0, 0.1) is 12.8 Å². The molecule has 5 nitrogen and oxygen atoms in total. The number of aromatic carboxylic acids is 1. The molecule has 1 aliphatic rings. The lowest BCUT2D eigenvalue weighted by atomic mass is 9.98. The molecule has 7 heteroatoms. The van der Waals surface area contributed by atoms with Gasteiger partial charge in [0.2, 0.25) is 0 Å². The van der Waals surface area contributed by atoms with Gasteiger partial charge in [-0.2, -0.15) is 4.31 Å². The van der Waals surface area contributed by atoms with Gasteiger partial charge in [-0.3, -0.25) is 0 Å². The molecule has 0 aliphatic carbocycles. The molecule has 1 unspecified atom stereocenters. The largest absolute Gasteiger partial charge is 0.477 e. The third-order valence-corrected chi connectivity index (χ3v) is 7.64. The Balaban J connectivity index is 2.25. The molecule has 0 amide bonds. The number of aryl methyl sites for hydroxylation is 1. The summed E-state index contributed by atoms with van der Waals surface area (Å²) in [6.45, 7) is 4.82. The first kappa shape index (κ1) is 16.5. The highest BCUT2D eigenvalue weighted by Crippen LogP contribution is 2.30. The summed E-state index contributed by atoms with van der Waals surface area (Å²) in [5, 5.41) is 9.07. The quantitative estimate of drug-likeness (QED) is 0.920. The third kappa shape index (κ3) is 3.46. The van der Waals surface area contributed by atoms with E-state index >= 15 is 0 Å². The van der Waals surface area contributed by atoms with Gasteiger partial charge in [0.1, 0.15) is 9.09 Å². The van der Waals surface area contributed by atoms with E-state index in [-0.39, 0.29) is 9.09 Å². The molecule has 2 heterocycles. The summed E-state index contributed by atoms with van der Waals surface area (Å²) in [7, 11) is -3.56. The number of carboxylic acid groups (broad SMARTS) is 1. The maximum Gasteiger partial charge on any atom is 0.346 e. The molecule has 0 saturated carbocycles. The van der Waals surface area contributed by atoms with Crippen LogP contribution in [0.1, 0.15) is 47.8 Å². The van der Waals surface area contributed by atoms with Crippen LogP contribution in [-0.4, -0.2) is 36.9 Å². The molecule has 118 valence electrons. The average molecular weight is 331 g/mol. The maximum atomic E-state index is 12.7. The first-order valence-electron chi connectivity index (χ1n) is 7.20. The van der Waals surface area contributed by atoms with E-state index in [0.717, 1.165) is 37.0 Å². The highest BCUT2D eigenvalue weighted by Gasteiger charge is 2.30. The van der Waals surface area contributed by atoms with E-state index in [4.69, 9.17) is 5.11 Å². The molecule has 1 aromatic rings. The zero-order chi connectivity index (χ0) is 15.6. The molecule has 2 rings (SSSR count). The SMILES string of the molecule is CCC1CCCN(S(=O)(=O)c2cc(C)c(C(=O)O)s2)CC1. The number of sulfonamides is 1.